The van der Waals surface area contributed by atoms with E-state index in [4.69, 9.17) is 10.3 Å². The number of nitrogens with two attached hydrogens (primary N) is 1. The SMILES string of the molecule is CCC(C)Cc1nc(CC(N)CC)no1. The lowest BCUT2D eigenvalue weighted by Gasteiger charge is -2.03. The van der Waals surface area contributed by atoms with Crippen molar-refractivity contribution in [2.75, 3.05) is 0 Å². The smallest absolute Gasteiger partial charge is 0.226 e. The van der Waals surface area contributed by atoms with Gasteiger partial charge in [0.05, 0.1) is 0 Å². The molecule has 2 atom stereocenters. The molecule has 0 fully saturated rings. The molecule has 2 unspecified atom stereocenters. The first-order valence-corrected chi connectivity index (χ1v) is 5.72. The van der Waals surface area contributed by atoms with E-state index in [-0.39, 0.29) is 6.04 Å². The van der Waals surface area contributed by atoms with E-state index in [0.717, 1.165) is 31.0 Å². The number of hydrogen-bond acceptors (Lipinski definition) is 4. The molecule has 4 nitrogen and oxygen atoms in total. The summed E-state index contributed by atoms with van der Waals surface area (Å²) in [5, 5.41) is 3.93. The third-order valence-electron chi connectivity index (χ3n) is 2.70. The molecule has 15 heavy (non-hydrogen) atoms. The molecule has 0 amide bonds. The summed E-state index contributed by atoms with van der Waals surface area (Å²) in [6, 6.07) is 0.138. The molecular weight excluding hydrogens is 190 g/mol. The topological polar surface area (TPSA) is 64.9 Å². The maximum Gasteiger partial charge on any atom is 0.226 e. The number of rotatable bonds is 6. The van der Waals surface area contributed by atoms with Gasteiger partial charge in [0, 0.05) is 18.9 Å². The standard InChI is InChI=1S/C11H21N3O/c1-4-8(3)6-11-13-10(14-15-11)7-9(12)5-2/h8-9H,4-7,12H2,1-3H3. The second-order valence-electron chi connectivity index (χ2n) is 4.19. The molecule has 86 valence electrons. The van der Waals surface area contributed by atoms with Gasteiger partial charge in [-0.25, -0.2) is 0 Å². The van der Waals surface area contributed by atoms with Gasteiger partial charge >= 0.3 is 0 Å². The highest BCUT2D eigenvalue weighted by Gasteiger charge is 2.11. The summed E-state index contributed by atoms with van der Waals surface area (Å²) < 4.78 is 5.17. The summed E-state index contributed by atoms with van der Waals surface area (Å²) in [5.74, 6) is 2.07. The van der Waals surface area contributed by atoms with E-state index in [0.29, 0.717) is 12.3 Å². The second-order valence-corrected chi connectivity index (χ2v) is 4.19. The van der Waals surface area contributed by atoms with Crippen molar-refractivity contribution in [1.29, 1.82) is 0 Å². The van der Waals surface area contributed by atoms with Gasteiger partial charge in [-0.1, -0.05) is 32.3 Å². The molecule has 2 N–H and O–H groups in total. The Kier molecular flexibility index (Phi) is 4.75. The number of nitrogens with zero attached hydrogens (tertiary/aromatic N) is 2. The predicted octanol–water partition coefficient (Wildman–Crippen LogP) is 1.94. The Morgan fingerprint density at radius 2 is 2.00 bits per heavy atom. The van der Waals surface area contributed by atoms with Crippen LogP contribution in [0.4, 0.5) is 0 Å². The van der Waals surface area contributed by atoms with Crippen LogP contribution in [0.15, 0.2) is 4.52 Å². The molecule has 0 bridgehead atoms. The molecule has 1 rings (SSSR count). The van der Waals surface area contributed by atoms with Crippen LogP contribution in [0, 0.1) is 5.92 Å². The molecule has 0 aliphatic rings. The van der Waals surface area contributed by atoms with Gasteiger partial charge in [-0.05, 0) is 12.3 Å². The Bertz CT molecular complexity index is 259. The fraction of sp³-hybridized carbons (Fsp3) is 0.818. The van der Waals surface area contributed by atoms with Crippen LogP contribution in [0.2, 0.25) is 0 Å². The van der Waals surface area contributed by atoms with E-state index < -0.39 is 0 Å². The minimum absolute atomic E-state index is 0.138. The van der Waals surface area contributed by atoms with Crippen molar-refractivity contribution in [1.82, 2.24) is 10.1 Å². The van der Waals surface area contributed by atoms with Crippen molar-refractivity contribution in [3.63, 3.8) is 0 Å². The summed E-state index contributed by atoms with van der Waals surface area (Å²) in [6.45, 7) is 6.40. The lowest BCUT2D eigenvalue weighted by atomic mass is 10.1. The Morgan fingerprint density at radius 1 is 1.27 bits per heavy atom. The molecule has 1 heterocycles. The lowest BCUT2D eigenvalue weighted by molar-refractivity contribution is 0.351. The normalized spacial score (nSPS) is 15.2. The summed E-state index contributed by atoms with van der Waals surface area (Å²) in [6.07, 6.45) is 3.65. The van der Waals surface area contributed by atoms with E-state index in [1.165, 1.54) is 0 Å². The molecular formula is C11H21N3O. The Labute approximate surface area is 91.2 Å². The van der Waals surface area contributed by atoms with Crippen LogP contribution in [-0.4, -0.2) is 16.2 Å². The van der Waals surface area contributed by atoms with Crippen LogP contribution in [-0.2, 0) is 12.8 Å². The van der Waals surface area contributed by atoms with E-state index in [2.05, 4.69) is 30.9 Å². The van der Waals surface area contributed by atoms with Gasteiger partial charge in [0.25, 0.3) is 0 Å². The Balaban J connectivity index is 2.49. The van der Waals surface area contributed by atoms with Crippen LogP contribution in [0.5, 0.6) is 0 Å². The average Bonchev–Trinajstić information content (AvgIpc) is 2.65. The molecule has 0 saturated carbocycles. The molecule has 1 aromatic heterocycles. The van der Waals surface area contributed by atoms with Gasteiger partial charge in [0.15, 0.2) is 5.82 Å². The van der Waals surface area contributed by atoms with E-state index in [1.807, 2.05) is 0 Å². The fourth-order valence-corrected chi connectivity index (χ4v) is 1.28. The van der Waals surface area contributed by atoms with Crippen LogP contribution in [0.25, 0.3) is 0 Å². The Morgan fingerprint density at radius 3 is 2.60 bits per heavy atom. The van der Waals surface area contributed by atoms with Crippen molar-refractivity contribution >= 4 is 0 Å². The zero-order valence-electron chi connectivity index (χ0n) is 9.86. The van der Waals surface area contributed by atoms with Crippen LogP contribution in [0.3, 0.4) is 0 Å². The summed E-state index contributed by atoms with van der Waals surface area (Å²) >= 11 is 0. The molecule has 0 spiro atoms. The van der Waals surface area contributed by atoms with Gasteiger partial charge in [-0.3, -0.25) is 0 Å². The third kappa shape index (κ3) is 4.00. The van der Waals surface area contributed by atoms with Crippen molar-refractivity contribution in [3.8, 4) is 0 Å². The minimum Gasteiger partial charge on any atom is -0.339 e. The summed E-state index contributed by atoms with van der Waals surface area (Å²) in [7, 11) is 0. The quantitative estimate of drug-likeness (QED) is 0.781. The first-order chi connectivity index (χ1) is 7.15. The highest BCUT2D eigenvalue weighted by molar-refractivity contribution is 4.90. The second kappa shape index (κ2) is 5.85. The van der Waals surface area contributed by atoms with Gasteiger partial charge in [-0.15, -0.1) is 0 Å². The van der Waals surface area contributed by atoms with Gasteiger partial charge in [0.1, 0.15) is 0 Å². The maximum absolute atomic E-state index is 5.82. The first-order valence-electron chi connectivity index (χ1n) is 5.72. The maximum atomic E-state index is 5.82. The first kappa shape index (κ1) is 12.2. The van der Waals surface area contributed by atoms with Crippen molar-refractivity contribution in [2.45, 2.75) is 52.5 Å². The van der Waals surface area contributed by atoms with E-state index in [1.54, 1.807) is 0 Å². The van der Waals surface area contributed by atoms with Crippen molar-refractivity contribution in [3.05, 3.63) is 11.7 Å². The largest absolute Gasteiger partial charge is 0.339 e. The van der Waals surface area contributed by atoms with Gasteiger partial charge in [0.2, 0.25) is 5.89 Å². The average molecular weight is 211 g/mol. The van der Waals surface area contributed by atoms with Crippen LogP contribution < -0.4 is 5.73 Å². The monoisotopic (exact) mass is 211 g/mol. The predicted molar refractivity (Wildman–Crippen MR) is 59.4 cm³/mol. The highest BCUT2D eigenvalue weighted by atomic mass is 16.5. The molecule has 0 aromatic carbocycles. The third-order valence-corrected chi connectivity index (χ3v) is 2.70. The van der Waals surface area contributed by atoms with E-state index in [9.17, 15) is 0 Å². The zero-order valence-corrected chi connectivity index (χ0v) is 9.86. The highest BCUT2D eigenvalue weighted by Crippen LogP contribution is 2.10. The van der Waals surface area contributed by atoms with Gasteiger partial charge < -0.3 is 10.3 Å². The van der Waals surface area contributed by atoms with Crippen LogP contribution in [0.1, 0.15) is 45.3 Å². The molecule has 0 radical (unpaired) electrons. The number of hydrogen-bond donors (Lipinski definition) is 1. The Hall–Kier alpha value is -0.900. The zero-order chi connectivity index (χ0) is 11.3. The molecule has 1 aromatic rings. The summed E-state index contributed by atoms with van der Waals surface area (Å²) in [4.78, 5) is 4.33. The van der Waals surface area contributed by atoms with Crippen molar-refractivity contribution in [2.24, 2.45) is 11.7 Å². The molecule has 0 aliphatic carbocycles. The number of aromatic nitrogens is 2. The minimum atomic E-state index is 0.138. The molecule has 0 aliphatic heterocycles. The molecule has 0 saturated heterocycles. The molecule has 4 heteroatoms. The lowest BCUT2D eigenvalue weighted by Crippen LogP contribution is -2.22. The fourth-order valence-electron chi connectivity index (χ4n) is 1.28. The van der Waals surface area contributed by atoms with Crippen molar-refractivity contribution < 1.29 is 4.52 Å². The van der Waals surface area contributed by atoms with Gasteiger partial charge in [-0.2, -0.15) is 4.98 Å². The van der Waals surface area contributed by atoms with E-state index >= 15 is 0 Å². The summed E-state index contributed by atoms with van der Waals surface area (Å²) in [5.41, 5.74) is 5.82. The van der Waals surface area contributed by atoms with Crippen LogP contribution >= 0.6 is 0 Å².